The predicted molar refractivity (Wildman–Crippen MR) is 50.1 cm³/mol. The van der Waals surface area contributed by atoms with E-state index in [9.17, 15) is 4.79 Å². The van der Waals surface area contributed by atoms with Crippen molar-refractivity contribution in [2.24, 2.45) is 0 Å². The van der Waals surface area contributed by atoms with Gasteiger partial charge >= 0.3 is 5.97 Å². The summed E-state index contributed by atoms with van der Waals surface area (Å²) in [6.07, 6.45) is 0. The fourth-order valence-electron chi connectivity index (χ4n) is 0.994. The summed E-state index contributed by atoms with van der Waals surface area (Å²) in [6, 6.07) is 0. The number of hydrogen-bond donors (Lipinski definition) is 2. The number of aromatic nitrogens is 1. The summed E-state index contributed by atoms with van der Waals surface area (Å²) in [6.45, 7) is 3.30. The number of carbonyl (C=O) groups is 1. The summed E-state index contributed by atoms with van der Waals surface area (Å²) in [5.41, 5.74) is 7.00. The van der Waals surface area contributed by atoms with E-state index in [1.165, 1.54) is 0 Å². The van der Waals surface area contributed by atoms with Gasteiger partial charge in [0, 0.05) is 16.8 Å². The number of carboxylic acids is 1. The van der Waals surface area contributed by atoms with Crippen LogP contribution in [0.5, 0.6) is 0 Å². The Morgan fingerprint density at radius 2 is 2.00 bits per heavy atom. The second kappa shape index (κ2) is 3.22. The lowest BCUT2D eigenvalue weighted by atomic mass is 10.1. The number of anilines is 1. The average Bonchev–Trinajstić information content (AvgIpc) is 2.07. The number of pyridine rings is 1. The summed E-state index contributed by atoms with van der Waals surface area (Å²) in [5, 5.41) is 8.87. The third kappa shape index (κ3) is 1.58. The van der Waals surface area contributed by atoms with Crippen molar-refractivity contribution in [3.8, 4) is 0 Å². The Labute approximate surface area is 80.3 Å². The molecule has 0 bridgehead atoms. The van der Waals surface area contributed by atoms with Crippen molar-refractivity contribution >= 4 is 23.3 Å². The van der Waals surface area contributed by atoms with E-state index in [1.54, 1.807) is 13.8 Å². The van der Waals surface area contributed by atoms with Crippen molar-refractivity contribution in [1.29, 1.82) is 0 Å². The van der Waals surface area contributed by atoms with Crippen LogP contribution < -0.4 is 5.73 Å². The molecule has 0 saturated heterocycles. The van der Waals surface area contributed by atoms with Gasteiger partial charge in [0.2, 0.25) is 0 Å². The summed E-state index contributed by atoms with van der Waals surface area (Å²) in [5.74, 6) is -1.12. The lowest BCUT2D eigenvalue weighted by Gasteiger charge is -2.08. The van der Waals surface area contributed by atoms with Gasteiger partial charge in [0.25, 0.3) is 0 Å². The summed E-state index contributed by atoms with van der Waals surface area (Å²) >= 11 is 5.68. The van der Waals surface area contributed by atoms with Gasteiger partial charge in [0.05, 0.1) is 0 Å². The topological polar surface area (TPSA) is 76.2 Å². The first-order chi connectivity index (χ1) is 5.95. The zero-order chi connectivity index (χ0) is 10.2. The van der Waals surface area contributed by atoms with Crippen molar-refractivity contribution in [3.05, 3.63) is 22.0 Å². The second-order valence-corrected chi connectivity index (χ2v) is 3.08. The third-order valence-corrected chi connectivity index (χ3v) is 2.25. The van der Waals surface area contributed by atoms with Crippen LogP contribution in [0.15, 0.2) is 0 Å². The van der Waals surface area contributed by atoms with Crippen molar-refractivity contribution in [3.63, 3.8) is 0 Å². The van der Waals surface area contributed by atoms with Gasteiger partial charge in [-0.25, -0.2) is 9.78 Å². The molecule has 1 rings (SSSR count). The first-order valence-corrected chi connectivity index (χ1v) is 3.98. The number of nitrogens with zero attached hydrogens (tertiary/aromatic N) is 1. The van der Waals surface area contributed by atoms with E-state index in [0.29, 0.717) is 16.8 Å². The highest BCUT2D eigenvalue weighted by atomic mass is 35.5. The fourth-order valence-corrected chi connectivity index (χ4v) is 1.18. The van der Waals surface area contributed by atoms with Crippen molar-refractivity contribution < 1.29 is 9.90 Å². The minimum Gasteiger partial charge on any atom is -0.477 e. The molecule has 0 radical (unpaired) electrons. The molecule has 0 aliphatic rings. The Bertz CT molecular complexity index is 377. The van der Waals surface area contributed by atoms with Crippen LogP contribution in [-0.4, -0.2) is 16.1 Å². The molecule has 0 atom stereocenters. The molecule has 1 aromatic heterocycles. The maximum atomic E-state index is 10.7. The first-order valence-electron chi connectivity index (χ1n) is 3.60. The Hall–Kier alpha value is -1.29. The molecule has 0 aliphatic carbocycles. The van der Waals surface area contributed by atoms with Crippen LogP contribution in [0.3, 0.4) is 0 Å². The highest BCUT2D eigenvalue weighted by Crippen LogP contribution is 2.24. The second-order valence-electron chi connectivity index (χ2n) is 2.72. The SMILES string of the molecule is Cc1c(Cl)nc(C(=O)O)c(C)c1N. The van der Waals surface area contributed by atoms with Gasteiger partial charge in [-0.1, -0.05) is 11.6 Å². The molecule has 0 aliphatic heterocycles. The van der Waals surface area contributed by atoms with E-state index in [-0.39, 0.29) is 10.8 Å². The number of rotatable bonds is 1. The number of nitrogens with two attached hydrogens (primary N) is 1. The van der Waals surface area contributed by atoms with Gasteiger partial charge in [-0.2, -0.15) is 0 Å². The van der Waals surface area contributed by atoms with Gasteiger partial charge < -0.3 is 10.8 Å². The summed E-state index contributed by atoms with van der Waals surface area (Å²) in [4.78, 5) is 14.4. The smallest absolute Gasteiger partial charge is 0.354 e. The van der Waals surface area contributed by atoms with Gasteiger partial charge in [-0.3, -0.25) is 0 Å². The zero-order valence-corrected chi connectivity index (χ0v) is 8.01. The van der Waals surface area contributed by atoms with Crippen LogP contribution in [0.2, 0.25) is 5.15 Å². The van der Waals surface area contributed by atoms with Crippen LogP contribution >= 0.6 is 11.6 Å². The Morgan fingerprint density at radius 3 is 2.46 bits per heavy atom. The molecule has 13 heavy (non-hydrogen) atoms. The first kappa shape index (κ1) is 9.80. The van der Waals surface area contributed by atoms with E-state index in [0.717, 1.165) is 0 Å². The summed E-state index contributed by atoms with van der Waals surface area (Å²) in [7, 11) is 0. The number of carboxylic acid groups (broad SMARTS) is 1. The monoisotopic (exact) mass is 200 g/mol. The largest absolute Gasteiger partial charge is 0.477 e. The maximum Gasteiger partial charge on any atom is 0.354 e. The molecule has 0 unspecified atom stereocenters. The highest BCUT2D eigenvalue weighted by molar-refractivity contribution is 6.30. The quantitative estimate of drug-likeness (QED) is 0.676. The van der Waals surface area contributed by atoms with Crippen LogP contribution in [0, 0.1) is 13.8 Å². The lowest BCUT2D eigenvalue weighted by Crippen LogP contribution is -2.08. The maximum absolute atomic E-state index is 10.7. The van der Waals surface area contributed by atoms with E-state index >= 15 is 0 Å². The van der Waals surface area contributed by atoms with Crippen molar-refractivity contribution in [2.75, 3.05) is 5.73 Å². The van der Waals surface area contributed by atoms with E-state index in [1.807, 2.05) is 0 Å². The number of halogens is 1. The molecule has 5 heteroatoms. The average molecular weight is 201 g/mol. The molecule has 1 aromatic rings. The number of nitrogen functional groups attached to an aromatic ring is 1. The Balaban J connectivity index is 3.50. The molecule has 0 fully saturated rings. The predicted octanol–water partition coefficient (Wildman–Crippen LogP) is 1.63. The molecule has 0 saturated carbocycles. The molecule has 0 aromatic carbocycles. The van der Waals surface area contributed by atoms with Gasteiger partial charge in [0.1, 0.15) is 5.15 Å². The number of hydrogen-bond acceptors (Lipinski definition) is 3. The van der Waals surface area contributed by atoms with E-state index in [4.69, 9.17) is 22.4 Å². The molecule has 0 spiro atoms. The molecule has 3 N–H and O–H groups in total. The normalized spacial score (nSPS) is 10.1. The van der Waals surface area contributed by atoms with Gasteiger partial charge in [-0.05, 0) is 13.8 Å². The van der Waals surface area contributed by atoms with Gasteiger partial charge in [0.15, 0.2) is 5.69 Å². The molecular weight excluding hydrogens is 192 g/mol. The van der Waals surface area contributed by atoms with E-state index < -0.39 is 5.97 Å². The molecule has 70 valence electrons. The highest BCUT2D eigenvalue weighted by Gasteiger charge is 2.15. The standard InChI is InChI=1S/C8H9ClN2O2/c1-3-5(10)4(2)7(9)11-6(3)8(12)13/h1-2H3,(H2,10,11)(H,12,13). The molecule has 0 amide bonds. The Morgan fingerprint density at radius 1 is 1.46 bits per heavy atom. The Kier molecular flexibility index (Phi) is 2.43. The van der Waals surface area contributed by atoms with Crippen molar-refractivity contribution in [2.45, 2.75) is 13.8 Å². The fraction of sp³-hybridized carbons (Fsp3) is 0.250. The van der Waals surface area contributed by atoms with Gasteiger partial charge in [-0.15, -0.1) is 0 Å². The van der Waals surface area contributed by atoms with Crippen LogP contribution in [0.25, 0.3) is 0 Å². The summed E-state index contributed by atoms with van der Waals surface area (Å²) < 4.78 is 0. The third-order valence-electron chi connectivity index (χ3n) is 1.89. The van der Waals surface area contributed by atoms with Crippen molar-refractivity contribution in [1.82, 2.24) is 4.98 Å². The zero-order valence-electron chi connectivity index (χ0n) is 7.26. The molecule has 4 nitrogen and oxygen atoms in total. The molecule has 1 heterocycles. The minimum absolute atomic E-state index is 0.0897. The van der Waals surface area contributed by atoms with E-state index in [2.05, 4.69) is 4.98 Å². The molecular formula is C8H9ClN2O2. The minimum atomic E-state index is -1.12. The lowest BCUT2D eigenvalue weighted by molar-refractivity contribution is 0.0689. The van der Waals surface area contributed by atoms with Crippen LogP contribution in [-0.2, 0) is 0 Å². The van der Waals surface area contributed by atoms with Crippen LogP contribution in [0.4, 0.5) is 5.69 Å². The van der Waals surface area contributed by atoms with Crippen LogP contribution in [0.1, 0.15) is 21.6 Å². The number of aromatic carboxylic acids is 1.